The van der Waals surface area contributed by atoms with Crippen LogP contribution in [0, 0.1) is 6.92 Å². The first kappa shape index (κ1) is 16.7. The fourth-order valence-electron chi connectivity index (χ4n) is 3.11. The Balaban J connectivity index is 1.81. The molecule has 1 N–H and O–H groups in total. The molecule has 1 aliphatic rings. The van der Waals surface area contributed by atoms with Gasteiger partial charge in [-0.1, -0.05) is 23.8 Å². The van der Waals surface area contributed by atoms with E-state index in [4.69, 9.17) is 12.2 Å². The summed E-state index contributed by atoms with van der Waals surface area (Å²) in [6, 6.07) is 16.7. The van der Waals surface area contributed by atoms with E-state index in [1.54, 1.807) is 11.3 Å². The zero-order chi connectivity index (χ0) is 17.4. The van der Waals surface area contributed by atoms with Crippen LogP contribution in [0.1, 0.15) is 28.2 Å². The number of hydrogen-bond acceptors (Lipinski definition) is 3. The third-order valence-electron chi connectivity index (χ3n) is 4.29. The minimum atomic E-state index is 0.0144. The van der Waals surface area contributed by atoms with Crippen molar-refractivity contribution in [2.24, 2.45) is 0 Å². The number of thiophene rings is 1. The molecule has 6 heteroatoms. The van der Waals surface area contributed by atoms with E-state index in [-0.39, 0.29) is 12.1 Å². The van der Waals surface area contributed by atoms with Gasteiger partial charge in [-0.25, -0.2) is 0 Å². The van der Waals surface area contributed by atoms with E-state index in [0.717, 1.165) is 21.0 Å². The zero-order valence-corrected chi connectivity index (χ0v) is 16.7. The summed E-state index contributed by atoms with van der Waals surface area (Å²) < 4.78 is 1.09. The van der Waals surface area contributed by atoms with Crippen LogP contribution in [-0.2, 0) is 0 Å². The van der Waals surface area contributed by atoms with Crippen molar-refractivity contribution in [2.45, 2.75) is 19.0 Å². The predicted molar refractivity (Wildman–Crippen MR) is 111 cm³/mol. The third kappa shape index (κ3) is 3.21. The van der Waals surface area contributed by atoms with Gasteiger partial charge in [0, 0.05) is 26.6 Å². The smallest absolute Gasteiger partial charge is 0.174 e. The van der Waals surface area contributed by atoms with Gasteiger partial charge in [-0.05, 0) is 65.4 Å². The monoisotopic (exact) mass is 429 g/mol. The van der Waals surface area contributed by atoms with E-state index in [1.165, 1.54) is 10.4 Å². The number of benzene rings is 1. The molecule has 0 radical (unpaired) electrons. The van der Waals surface area contributed by atoms with Crippen LogP contribution in [0.25, 0.3) is 0 Å². The summed E-state index contributed by atoms with van der Waals surface area (Å²) in [5.74, 6) is 0. The third-order valence-corrected chi connectivity index (χ3v) is 6.37. The van der Waals surface area contributed by atoms with E-state index in [0.29, 0.717) is 0 Å². The highest BCUT2D eigenvalue weighted by Gasteiger charge is 2.41. The summed E-state index contributed by atoms with van der Waals surface area (Å²) in [7, 11) is 0. The fourth-order valence-corrected chi connectivity index (χ4v) is 5.03. The summed E-state index contributed by atoms with van der Waals surface area (Å²) in [6.07, 6.45) is 1.83. The summed E-state index contributed by atoms with van der Waals surface area (Å²) in [6.45, 7) is 2.09. The molecule has 0 aliphatic carbocycles. The lowest BCUT2D eigenvalue weighted by atomic mass is 10.0. The van der Waals surface area contributed by atoms with Gasteiger partial charge in [0.15, 0.2) is 5.11 Å². The van der Waals surface area contributed by atoms with Crippen LogP contribution in [0.2, 0.25) is 0 Å². The number of hydrogen-bond donors (Lipinski definition) is 1. The Bertz CT molecular complexity index is 893. The molecule has 0 unspecified atom stereocenters. The van der Waals surface area contributed by atoms with Crippen LogP contribution in [-0.4, -0.2) is 10.1 Å². The topological polar surface area (TPSA) is 28.2 Å². The van der Waals surface area contributed by atoms with Gasteiger partial charge in [0.05, 0.1) is 17.8 Å². The molecule has 0 amide bonds. The van der Waals surface area contributed by atoms with Crippen molar-refractivity contribution in [1.82, 2.24) is 10.3 Å². The van der Waals surface area contributed by atoms with Crippen molar-refractivity contribution < 1.29 is 0 Å². The van der Waals surface area contributed by atoms with Crippen LogP contribution in [0.4, 0.5) is 5.69 Å². The van der Waals surface area contributed by atoms with Crippen LogP contribution < -0.4 is 10.2 Å². The second kappa shape index (κ2) is 6.86. The minimum Gasteiger partial charge on any atom is -0.351 e. The molecule has 1 fully saturated rings. The second-order valence-corrected chi connectivity index (χ2v) is 8.24. The Hall–Kier alpha value is -1.76. The Kier molecular flexibility index (Phi) is 4.58. The number of halogens is 1. The average Bonchev–Trinajstić information content (AvgIpc) is 3.20. The van der Waals surface area contributed by atoms with Gasteiger partial charge in [-0.15, -0.1) is 11.3 Å². The van der Waals surface area contributed by atoms with Crippen molar-refractivity contribution in [1.29, 1.82) is 0 Å². The fraction of sp³-hybridized carbons (Fsp3) is 0.158. The maximum atomic E-state index is 5.70. The standard InChI is InChI=1S/C19H16BrN3S2/c1-12-5-7-14(8-6-12)23-18(16-10-13(20)11-25-16)17(22-19(23)24)15-4-2-3-9-21-15/h2-11,17-18H,1H3,(H,22,24)/t17-,18+/m0/s1. The molecule has 1 aromatic carbocycles. The molecule has 4 rings (SSSR count). The van der Waals surface area contributed by atoms with Crippen molar-refractivity contribution in [3.63, 3.8) is 0 Å². The summed E-state index contributed by atoms with van der Waals surface area (Å²) in [4.78, 5) is 8.01. The molecule has 0 bridgehead atoms. The number of rotatable bonds is 3. The number of nitrogens with one attached hydrogen (secondary N) is 1. The van der Waals surface area contributed by atoms with E-state index in [1.807, 2.05) is 18.3 Å². The average molecular weight is 430 g/mol. The Labute approximate surface area is 164 Å². The molecule has 2 aromatic heterocycles. The van der Waals surface area contributed by atoms with Gasteiger partial charge in [0.1, 0.15) is 0 Å². The van der Waals surface area contributed by atoms with Gasteiger partial charge in [-0.2, -0.15) is 0 Å². The van der Waals surface area contributed by atoms with Gasteiger partial charge in [-0.3, -0.25) is 4.98 Å². The summed E-state index contributed by atoms with van der Waals surface area (Å²) in [5.41, 5.74) is 3.32. The maximum Gasteiger partial charge on any atom is 0.174 e. The molecule has 0 spiro atoms. The summed E-state index contributed by atoms with van der Waals surface area (Å²) >= 11 is 11.0. The molecule has 3 aromatic rings. The van der Waals surface area contributed by atoms with E-state index < -0.39 is 0 Å². The number of pyridine rings is 1. The molecule has 25 heavy (non-hydrogen) atoms. The number of nitrogens with zero attached hydrogens (tertiary/aromatic N) is 2. The first-order valence-electron chi connectivity index (χ1n) is 7.95. The van der Waals surface area contributed by atoms with Crippen molar-refractivity contribution in [3.05, 3.63) is 80.7 Å². The Morgan fingerprint density at radius 3 is 2.64 bits per heavy atom. The number of aryl methyl sites for hydroxylation is 1. The molecule has 2 atom stereocenters. The Morgan fingerprint density at radius 1 is 1.20 bits per heavy atom. The Morgan fingerprint density at radius 2 is 2.00 bits per heavy atom. The molecular weight excluding hydrogens is 414 g/mol. The lowest BCUT2D eigenvalue weighted by Crippen LogP contribution is -2.29. The normalized spacial score (nSPS) is 19.9. The van der Waals surface area contributed by atoms with Gasteiger partial charge in [0.2, 0.25) is 0 Å². The van der Waals surface area contributed by atoms with E-state index >= 15 is 0 Å². The van der Waals surface area contributed by atoms with Crippen LogP contribution in [0.3, 0.4) is 0 Å². The second-order valence-electron chi connectivity index (χ2n) is 6.00. The SMILES string of the molecule is Cc1ccc(N2C(=S)N[C@@H](c3ccccn3)[C@H]2c2cc(Br)cs2)cc1. The molecule has 0 saturated carbocycles. The minimum absolute atomic E-state index is 0.0144. The van der Waals surface area contributed by atoms with Crippen molar-refractivity contribution >= 4 is 50.3 Å². The molecule has 126 valence electrons. The predicted octanol–water partition coefficient (Wildman–Crippen LogP) is 5.39. The van der Waals surface area contributed by atoms with Crippen LogP contribution in [0.15, 0.2) is 64.6 Å². The molecule has 3 heterocycles. The van der Waals surface area contributed by atoms with E-state index in [2.05, 4.69) is 79.8 Å². The molecule has 1 aliphatic heterocycles. The zero-order valence-electron chi connectivity index (χ0n) is 13.5. The van der Waals surface area contributed by atoms with Crippen LogP contribution >= 0.6 is 39.5 Å². The van der Waals surface area contributed by atoms with Gasteiger partial charge >= 0.3 is 0 Å². The van der Waals surface area contributed by atoms with Crippen molar-refractivity contribution in [3.8, 4) is 0 Å². The molecular formula is C19H16BrN3S2. The lowest BCUT2D eigenvalue weighted by molar-refractivity contribution is 0.575. The summed E-state index contributed by atoms with van der Waals surface area (Å²) in [5, 5.41) is 6.32. The highest BCUT2D eigenvalue weighted by atomic mass is 79.9. The van der Waals surface area contributed by atoms with Gasteiger partial charge < -0.3 is 10.2 Å². The first-order valence-corrected chi connectivity index (χ1v) is 10.0. The number of aromatic nitrogens is 1. The quantitative estimate of drug-likeness (QED) is 0.564. The number of thiocarbonyl (C=S) groups is 1. The van der Waals surface area contributed by atoms with Crippen molar-refractivity contribution in [2.75, 3.05) is 4.90 Å². The highest BCUT2D eigenvalue weighted by molar-refractivity contribution is 9.10. The molecule has 3 nitrogen and oxygen atoms in total. The van der Waals surface area contributed by atoms with E-state index in [9.17, 15) is 0 Å². The lowest BCUT2D eigenvalue weighted by Gasteiger charge is -2.27. The number of anilines is 1. The molecule has 1 saturated heterocycles. The largest absolute Gasteiger partial charge is 0.351 e. The highest BCUT2D eigenvalue weighted by Crippen LogP contribution is 2.43. The maximum absolute atomic E-state index is 5.70. The van der Waals surface area contributed by atoms with Crippen LogP contribution in [0.5, 0.6) is 0 Å². The van der Waals surface area contributed by atoms with Gasteiger partial charge in [0.25, 0.3) is 0 Å². The first-order chi connectivity index (χ1) is 12.1.